The van der Waals surface area contributed by atoms with E-state index in [1.807, 2.05) is 38.1 Å². The maximum absolute atomic E-state index is 13.4. The molecule has 0 radical (unpaired) electrons. The largest absolute Gasteiger partial charge is 0.325 e. The van der Waals surface area contributed by atoms with Crippen molar-refractivity contribution in [2.75, 3.05) is 11.1 Å². The third-order valence-corrected chi connectivity index (χ3v) is 7.35. The van der Waals surface area contributed by atoms with Crippen LogP contribution in [0.4, 0.5) is 5.69 Å². The minimum atomic E-state index is -3.76. The molecule has 0 aliphatic carbocycles. The molecule has 0 aliphatic rings. The van der Waals surface area contributed by atoms with Crippen LogP contribution in [0.5, 0.6) is 0 Å². The molecule has 0 spiro atoms. The van der Waals surface area contributed by atoms with E-state index in [4.69, 9.17) is 11.6 Å². The van der Waals surface area contributed by atoms with Gasteiger partial charge in [-0.2, -0.15) is 0 Å². The van der Waals surface area contributed by atoms with E-state index in [2.05, 4.69) is 5.32 Å². The molecule has 0 saturated heterocycles. The average molecular weight is 442 g/mol. The van der Waals surface area contributed by atoms with Crippen LogP contribution in [0, 0.1) is 13.8 Å². The first-order valence-corrected chi connectivity index (χ1v) is 11.6. The highest BCUT2D eigenvalue weighted by molar-refractivity contribution is 7.91. The van der Waals surface area contributed by atoms with Crippen LogP contribution >= 0.6 is 11.6 Å². The predicted molar refractivity (Wildman–Crippen MR) is 122 cm³/mol. The number of anilines is 1. The third kappa shape index (κ3) is 4.91. The van der Waals surface area contributed by atoms with Crippen LogP contribution in [0.25, 0.3) is 0 Å². The Hall–Kier alpha value is -2.63. The number of nitrogens with one attached hydrogen (secondary N) is 1. The van der Waals surface area contributed by atoms with Crippen LogP contribution in [0.2, 0.25) is 5.02 Å². The van der Waals surface area contributed by atoms with Crippen molar-refractivity contribution in [1.82, 2.24) is 0 Å². The summed E-state index contributed by atoms with van der Waals surface area (Å²) in [5, 5.41) is 3.33. The number of sulfone groups is 1. The standard InChI is InChI=1S/C24H24ClNO3S/c1-17-4-8-19(9-5-17)24(3,23(27)26-21-12-6-18(2)7-13-21)16-30(28,29)22-14-10-20(25)11-15-22/h4-15H,16H2,1-3H3,(H,26,27)/t24-/m1/s1. The molecule has 4 nitrogen and oxygen atoms in total. The average Bonchev–Trinajstić information content (AvgIpc) is 2.70. The van der Waals surface area contributed by atoms with Gasteiger partial charge in [-0.15, -0.1) is 0 Å². The third-order valence-electron chi connectivity index (χ3n) is 5.15. The molecule has 1 atom stereocenters. The number of rotatable bonds is 6. The lowest BCUT2D eigenvalue weighted by Crippen LogP contribution is -2.43. The number of carbonyl (C=O) groups is 1. The van der Waals surface area contributed by atoms with E-state index < -0.39 is 15.3 Å². The zero-order valence-electron chi connectivity index (χ0n) is 17.1. The van der Waals surface area contributed by atoms with Gasteiger partial charge in [0.2, 0.25) is 5.91 Å². The molecule has 156 valence electrons. The van der Waals surface area contributed by atoms with Crippen molar-refractivity contribution in [3.8, 4) is 0 Å². The van der Waals surface area contributed by atoms with Crippen molar-refractivity contribution >= 4 is 33.0 Å². The van der Waals surface area contributed by atoms with Crippen molar-refractivity contribution in [3.05, 3.63) is 94.5 Å². The monoisotopic (exact) mass is 441 g/mol. The molecule has 0 aliphatic heterocycles. The van der Waals surface area contributed by atoms with E-state index in [1.165, 1.54) is 24.3 Å². The molecule has 0 bridgehead atoms. The van der Waals surface area contributed by atoms with E-state index in [1.54, 1.807) is 31.2 Å². The summed E-state index contributed by atoms with van der Waals surface area (Å²) in [5.74, 6) is -0.754. The molecule has 3 aromatic carbocycles. The molecule has 1 N–H and O–H groups in total. The lowest BCUT2D eigenvalue weighted by atomic mass is 9.83. The number of hydrogen-bond donors (Lipinski definition) is 1. The Bertz CT molecular complexity index is 1140. The highest BCUT2D eigenvalue weighted by atomic mass is 35.5. The molecule has 0 unspecified atom stereocenters. The Balaban J connectivity index is 2.00. The van der Waals surface area contributed by atoms with Gasteiger partial charge < -0.3 is 5.32 Å². The van der Waals surface area contributed by atoms with Gasteiger partial charge in [0.25, 0.3) is 0 Å². The van der Waals surface area contributed by atoms with Gasteiger partial charge in [0, 0.05) is 10.7 Å². The summed E-state index contributed by atoms with van der Waals surface area (Å²) >= 11 is 5.90. The van der Waals surface area contributed by atoms with Crippen LogP contribution in [-0.2, 0) is 20.0 Å². The van der Waals surface area contributed by atoms with Crippen LogP contribution in [0.1, 0.15) is 23.6 Å². The first-order chi connectivity index (χ1) is 14.1. The summed E-state index contributed by atoms with van der Waals surface area (Å²) < 4.78 is 26.4. The zero-order chi connectivity index (χ0) is 21.9. The SMILES string of the molecule is Cc1ccc(NC(=O)[C@](C)(CS(=O)(=O)c2ccc(Cl)cc2)c2ccc(C)cc2)cc1. The summed E-state index contributed by atoms with van der Waals surface area (Å²) in [6, 6.07) is 20.7. The molecular formula is C24H24ClNO3S. The molecule has 6 heteroatoms. The highest BCUT2D eigenvalue weighted by Gasteiger charge is 2.40. The Morgan fingerprint density at radius 1 is 0.867 bits per heavy atom. The fourth-order valence-corrected chi connectivity index (χ4v) is 5.11. The second-order valence-corrected chi connectivity index (χ2v) is 10.2. The van der Waals surface area contributed by atoms with E-state index in [-0.39, 0.29) is 16.6 Å². The van der Waals surface area contributed by atoms with Gasteiger partial charge in [0.15, 0.2) is 9.84 Å². The number of carbonyl (C=O) groups excluding carboxylic acids is 1. The van der Waals surface area contributed by atoms with Crippen molar-refractivity contribution in [1.29, 1.82) is 0 Å². The van der Waals surface area contributed by atoms with E-state index in [0.29, 0.717) is 16.3 Å². The first-order valence-electron chi connectivity index (χ1n) is 9.54. The van der Waals surface area contributed by atoms with E-state index in [0.717, 1.165) is 11.1 Å². The molecule has 0 fully saturated rings. The number of hydrogen-bond acceptors (Lipinski definition) is 3. The topological polar surface area (TPSA) is 63.2 Å². The molecule has 3 rings (SSSR count). The van der Waals surface area contributed by atoms with Crippen LogP contribution in [-0.4, -0.2) is 20.1 Å². The summed E-state index contributed by atoms with van der Waals surface area (Å²) in [4.78, 5) is 13.5. The molecular weight excluding hydrogens is 418 g/mol. The Labute approximate surface area is 182 Å². The number of benzene rings is 3. The summed E-state index contributed by atoms with van der Waals surface area (Å²) in [6.45, 7) is 5.56. The molecule has 1 amide bonds. The molecule has 0 saturated carbocycles. The maximum Gasteiger partial charge on any atom is 0.235 e. The zero-order valence-corrected chi connectivity index (χ0v) is 18.7. The highest BCUT2D eigenvalue weighted by Crippen LogP contribution is 2.31. The number of amides is 1. The minimum Gasteiger partial charge on any atom is -0.325 e. The van der Waals surface area contributed by atoms with E-state index >= 15 is 0 Å². The van der Waals surface area contributed by atoms with Crippen molar-refractivity contribution in [2.45, 2.75) is 31.1 Å². The summed E-state index contributed by atoms with van der Waals surface area (Å²) in [7, 11) is -3.76. The van der Waals surface area contributed by atoms with Crippen LogP contribution in [0.15, 0.2) is 77.7 Å². The lowest BCUT2D eigenvalue weighted by molar-refractivity contribution is -0.120. The van der Waals surface area contributed by atoms with Gasteiger partial charge in [0.1, 0.15) is 0 Å². The van der Waals surface area contributed by atoms with Crippen molar-refractivity contribution < 1.29 is 13.2 Å². The van der Waals surface area contributed by atoms with Crippen molar-refractivity contribution in [3.63, 3.8) is 0 Å². The lowest BCUT2D eigenvalue weighted by Gasteiger charge is -2.29. The van der Waals surface area contributed by atoms with Crippen molar-refractivity contribution in [2.24, 2.45) is 0 Å². The summed E-state index contributed by atoms with van der Waals surface area (Å²) in [6.07, 6.45) is 0. The van der Waals surface area contributed by atoms with Gasteiger partial charge in [-0.1, -0.05) is 59.1 Å². The Morgan fingerprint density at radius 3 is 1.90 bits per heavy atom. The van der Waals surface area contributed by atoms with Gasteiger partial charge in [-0.25, -0.2) is 8.42 Å². The Kier molecular flexibility index (Phi) is 6.34. The maximum atomic E-state index is 13.4. The number of halogens is 1. The van der Waals surface area contributed by atoms with Crippen LogP contribution in [0.3, 0.4) is 0 Å². The quantitative estimate of drug-likeness (QED) is 0.562. The minimum absolute atomic E-state index is 0.133. The Morgan fingerprint density at radius 2 is 1.37 bits per heavy atom. The van der Waals surface area contributed by atoms with Gasteiger partial charge in [0.05, 0.1) is 16.1 Å². The van der Waals surface area contributed by atoms with E-state index in [9.17, 15) is 13.2 Å². The molecule has 0 heterocycles. The molecule has 3 aromatic rings. The van der Waals surface area contributed by atoms with Gasteiger partial charge in [-0.05, 0) is 62.7 Å². The molecule has 0 aromatic heterocycles. The number of aryl methyl sites for hydroxylation is 2. The van der Waals surface area contributed by atoms with Gasteiger partial charge in [-0.3, -0.25) is 4.79 Å². The normalized spacial score (nSPS) is 13.5. The van der Waals surface area contributed by atoms with Gasteiger partial charge >= 0.3 is 0 Å². The second kappa shape index (κ2) is 8.62. The first kappa shape index (κ1) is 22.1. The smallest absolute Gasteiger partial charge is 0.235 e. The molecule has 30 heavy (non-hydrogen) atoms. The second-order valence-electron chi connectivity index (χ2n) is 7.73. The fourth-order valence-electron chi connectivity index (χ4n) is 3.21. The fraction of sp³-hybridized carbons (Fsp3) is 0.208. The summed E-state index contributed by atoms with van der Waals surface area (Å²) in [5.41, 5.74) is 2.06. The van der Waals surface area contributed by atoms with Crippen LogP contribution < -0.4 is 5.32 Å². The predicted octanol–water partition coefficient (Wildman–Crippen LogP) is 5.33.